The number of aryl methyl sites for hydroxylation is 1. The predicted octanol–water partition coefficient (Wildman–Crippen LogP) is 1.08. The smallest absolute Gasteiger partial charge is 0.287 e. The molecule has 0 aliphatic carbocycles. The molecule has 1 aromatic rings. The highest BCUT2D eigenvalue weighted by molar-refractivity contribution is 5.93. The summed E-state index contributed by atoms with van der Waals surface area (Å²) in [5, 5.41) is 13.2. The second-order valence-electron chi connectivity index (χ2n) is 3.38. The third kappa shape index (κ3) is 3.34. The van der Waals surface area contributed by atoms with E-state index in [0.717, 1.165) is 0 Å². The van der Waals surface area contributed by atoms with E-state index in [2.05, 4.69) is 17.2 Å². The molecule has 0 aliphatic heterocycles. The van der Waals surface area contributed by atoms with E-state index in [1.54, 1.807) is 14.0 Å². The fourth-order valence-corrected chi connectivity index (χ4v) is 1.33. The van der Waals surface area contributed by atoms with Crippen LogP contribution in [0, 0.1) is 22.0 Å². The molecule has 1 heterocycles. The van der Waals surface area contributed by atoms with Gasteiger partial charge in [-0.15, -0.1) is 11.8 Å². The van der Waals surface area contributed by atoms with E-state index < -0.39 is 4.92 Å². The third-order valence-corrected chi connectivity index (χ3v) is 2.15. The Hall–Kier alpha value is -2.29. The predicted molar refractivity (Wildman–Crippen MR) is 62.5 cm³/mol. The minimum atomic E-state index is -0.528. The Morgan fingerprint density at radius 3 is 2.88 bits per heavy atom. The standard InChI is InChI=1S/C11H13N3O3/c1-3-4-5-6-12-11(15)10-7-9(14(16)17)8-13(10)2/h7-8H,5-6H2,1-2H3,(H,12,15). The zero-order valence-corrected chi connectivity index (χ0v) is 9.69. The molecule has 0 spiro atoms. The number of rotatable bonds is 4. The van der Waals surface area contributed by atoms with Gasteiger partial charge in [0.2, 0.25) is 0 Å². The van der Waals surface area contributed by atoms with Crippen LogP contribution in [0.25, 0.3) is 0 Å². The second kappa shape index (κ2) is 5.70. The van der Waals surface area contributed by atoms with Crippen LogP contribution < -0.4 is 5.32 Å². The van der Waals surface area contributed by atoms with E-state index in [1.165, 1.54) is 16.8 Å². The van der Waals surface area contributed by atoms with Crippen molar-refractivity contribution in [2.45, 2.75) is 13.3 Å². The number of hydrogen-bond acceptors (Lipinski definition) is 3. The molecule has 90 valence electrons. The van der Waals surface area contributed by atoms with Crippen molar-refractivity contribution in [3.63, 3.8) is 0 Å². The Balaban J connectivity index is 2.67. The van der Waals surface area contributed by atoms with Crippen LogP contribution in [0.15, 0.2) is 12.3 Å². The molecular formula is C11H13N3O3. The Kier molecular flexibility index (Phi) is 4.29. The Morgan fingerprint density at radius 1 is 1.65 bits per heavy atom. The lowest BCUT2D eigenvalue weighted by Crippen LogP contribution is -2.25. The maximum atomic E-state index is 11.7. The van der Waals surface area contributed by atoms with Crippen molar-refractivity contribution in [1.29, 1.82) is 0 Å². The molecule has 6 heteroatoms. The fraction of sp³-hybridized carbons (Fsp3) is 0.364. The molecule has 17 heavy (non-hydrogen) atoms. The lowest BCUT2D eigenvalue weighted by molar-refractivity contribution is -0.384. The van der Waals surface area contributed by atoms with Crippen LogP contribution >= 0.6 is 0 Å². The zero-order chi connectivity index (χ0) is 12.8. The highest BCUT2D eigenvalue weighted by atomic mass is 16.6. The molecule has 0 atom stereocenters. The van der Waals surface area contributed by atoms with Gasteiger partial charge < -0.3 is 9.88 Å². The minimum Gasteiger partial charge on any atom is -0.350 e. The van der Waals surface area contributed by atoms with Crippen LogP contribution in [0.5, 0.6) is 0 Å². The van der Waals surface area contributed by atoms with Gasteiger partial charge in [0, 0.05) is 26.1 Å². The highest BCUT2D eigenvalue weighted by Crippen LogP contribution is 2.14. The van der Waals surface area contributed by atoms with Crippen molar-refractivity contribution in [2.75, 3.05) is 6.54 Å². The van der Waals surface area contributed by atoms with Crippen LogP contribution in [-0.2, 0) is 7.05 Å². The summed E-state index contributed by atoms with van der Waals surface area (Å²) in [4.78, 5) is 21.7. The van der Waals surface area contributed by atoms with Crippen LogP contribution in [0.1, 0.15) is 23.8 Å². The minimum absolute atomic E-state index is 0.0917. The van der Waals surface area contributed by atoms with Crippen LogP contribution in [0.3, 0.4) is 0 Å². The summed E-state index contributed by atoms with van der Waals surface area (Å²) in [7, 11) is 1.59. The quantitative estimate of drug-likeness (QED) is 0.367. The average Bonchev–Trinajstić information content (AvgIpc) is 2.67. The monoisotopic (exact) mass is 235 g/mol. The van der Waals surface area contributed by atoms with Crippen LogP contribution in [-0.4, -0.2) is 21.9 Å². The van der Waals surface area contributed by atoms with Gasteiger partial charge in [-0.2, -0.15) is 0 Å². The molecule has 0 saturated heterocycles. The van der Waals surface area contributed by atoms with Gasteiger partial charge in [0.1, 0.15) is 5.69 Å². The molecule has 6 nitrogen and oxygen atoms in total. The number of nitro groups is 1. The second-order valence-corrected chi connectivity index (χ2v) is 3.38. The zero-order valence-electron chi connectivity index (χ0n) is 9.69. The number of carbonyl (C=O) groups is 1. The van der Waals surface area contributed by atoms with Crippen LogP contribution in [0.4, 0.5) is 5.69 Å². The first-order chi connectivity index (χ1) is 8.06. The first kappa shape index (κ1) is 12.8. The first-order valence-electron chi connectivity index (χ1n) is 5.05. The van der Waals surface area contributed by atoms with Gasteiger partial charge in [-0.25, -0.2) is 0 Å². The van der Waals surface area contributed by atoms with E-state index in [0.29, 0.717) is 13.0 Å². The maximum absolute atomic E-state index is 11.7. The summed E-state index contributed by atoms with van der Waals surface area (Å²) < 4.78 is 1.43. The number of aromatic nitrogens is 1. The number of nitrogens with zero attached hydrogens (tertiary/aromatic N) is 2. The van der Waals surface area contributed by atoms with Crippen molar-refractivity contribution < 1.29 is 9.72 Å². The van der Waals surface area contributed by atoms with E-state index in [4.69, 9.17) is 0 Å². The molecule has 0 aliphatic rings. The average molecular weight is 235 g/mol. The van der Waals surface area contributed by atoms with Crippen molar-refractivity contribution in [2.24, 2.45) is 7.05 Å². The molecule has 1 amide bonds. The highest BCUT2D eigenvalue weighted by Gasteiger charge is 2.16. The van der Waals surface area contributed by atoms with Gasteiger partial charge >= 0.3 is 0 Å². The van der Waals surface area contributed by atoms with Crippen molar-refractivity contribution >= 4 is 11.6 Å². The number of nitrogens with one attached hydrogen (secondary N) is 1. The molecule has 0 aromatic carbocycles. The van der Waals surface area contributed by atoms with Crippen LogP contribution in [0.2, 0.25) is 0 Å². The summed E-state index contributed by atoms with van der Waals surface area (Å²) in [5.74, 6) is 5.19. The summed E-state index contributed by atoms with van der Waals surface area (Å²) in [6.07, 6.45) is 1.87. The van der Waals surface area contributed by atoms with E-state index in [1.807, 2.05) is 0 Å². The van der Waals surface area contributed by atoms with E-state index >= 15 is 0 Å². The van der Waals surface area contributed by atoms with Gasteiger partial charge in [-0.3, -0.25) is 14.9 Å². The molecule has 1 N–H and O–H groups in total. The van der Waals surface area contributed by atoms with Crippen molar-refractivity contribution in [3.8, 4) is 11.8 Å². The normalized spacial score (nSPS) is 9.29. The maximum Gasteiger partial charge on any atom is 0.287 e. The van der Waals surface area contributed by atoms with Gasteiger partial charge in [-0.05, 0) is 6.92 Å². The van der Waals surface area contributed by atoms with Gasteiger partial charge in [0.25, 0.3) is 11.6 Å². The number of amides is 1. The third-order valence-electron chi connectivity index (χ3n) is 2.15. The fourth-order valence-electron chi connectivity index (χ4n) is 1.33. The largest absolute Gasteiger partial charge is 0.350 e. The Bertz CT molecular complexity index is 494. The van der Waals surface area contributed by atoms with Crippen molar-refractivity contribution in [3.05, 3.63) is 28.1 Å². The van der Waals surface area contributed by atoms with Gasteiger partial charge in [0.05, 0.1) is 11.1 Å². The summed E-state index contributed by atoms with van der Waals surface area (Å²) in [6, 6.07) is 1.25. The Morgan fingerprint density at radius 2 is 2.35 bits per heavy atom. The molecule has 0 bridgehead atoms. The molecule has 0 radical (unpaired) electrons. The summed E-state index contributed by atoms with van der Waals surface area (Å²) in [5.41, 5.74) is 0.173. The molecular weight excluding hydrogens is 222 g/mol. The number of carbonyl (C=O) groups excluding carboxylic acids is 1. The lowest BCUT2D eigenvalue weighted by atomic mass is 10.3. The number of hydrogen-bond donors (Lipinski definition) is 1. The molecule has 1 rings (SSSR count). The van der Waals surface area contributed by atoms with Gasteiger partial charge in [0.15, 0.2) is 0 Å². The molecule has 0 unspecified atom stereocenters. The van der Waals surface area contributed by atoms with Gasteiger partial charge in [-0.1, -0.05) is 0 Å². The van der Waals surface area contributed by atoms with E-state index in [9.17, 15) is 14.9 Å². The SMILES string of the molecule is CC#CCCNC(=O)c1cc([N+](=O)[O-])cn1C. The first-order valence-corrected chi connectivity index (χ1v) is 5.05. The lowest BCUT2D eigenvalue weighted by Gasteiger charge is -2.02. The molecule has 0 saturated carbocycles. The van der Waals surface area contributed by atoms with Crippen molar-refractivity contribution in [1.82, 2.24) is 9.88 Å². The molecule has 0 fully saturated rings. The van der Waals surface area contributed by atoms with E-state index in [-0.39, 0.29) is 17.3 Å². The topological polar surface area (TPSA) is 77.2 Å². The summed E-state index contributed by atoms with van der Waals surface area (Å²) >= 11 is 0. The molecule has 1 aromatic heterocycles. The Labute approximate surface area is 98.8 Å². The summed E-state index contributed by atoms with van der Waals surface area (Å²) in [6.45, 7) is 2.15.